The highest BCUT2D eigenvalue weighted by Crippen LogP contribution is 2.36. The molecule has 1 heterocycles. The lowest BCUT2D eigenvalue weighted by molar-refractivity contribution is -0.124. The molecule has 128 valence electrons. The van der Waals surface area contributed by atoms with Crippen LogP contribution in [0, 0.1) is 0 Å². The molecule has 3 N–H and O–H groups in total. The minimum atomic E-state index is -1.40. The van der Waals surface area contributed by atoms with Gasteiger partial charge in [-0.3, -0.25) is 4.79 Å². The van der Waals surface area contributed by atoms with Crippen LogP contribution in [-0.4, -0.2) is 48.0 Å². The zero-order valence-corrected chi connectivity index (χ0v) is 13.4. The SMILES string of the molecule is COc1ccc2c(c1C(=O)O)OB(O)C(NC(=O)CCC(C)=O)C2. The van der Waals surface area contributed by atoms with Crippen LogP contribution in [0.15, 0.2) is 12.1 Å². The summed E-state index contributed by atoms with van der Waals surface area (Å²) >= 11 is 0. The molecule has 1 aliphatic rings. The molecule has 8 nitrogen and oxygen atoms in total. The van der Waals surface area contributed by atoms with Crippen LogP contribution in [0.5, 0.6) is 11.5 Å². The van der Waals surface area contributed by atoms with Gasteiger partial charge >= 0.3 is 13.1 Å². The van der Waals surface area contributed by atoms with E-state index in [0.29, 0.717) is 5.56 Å². The van der Waals surface area contributed by atoms with Crippen molar-refractivity contribution in [1.29, 1.82) is 0 Å². The monoisotopic (exact) mass is 335 g/mol. The number of nitrogens with one attached hydrogen (secondary N) is 1. The molecule has 24 heavy (non-hydrogen) atoms. The normalized spacial score (nSPS) is 16.0. The van der Waals surface area contributed by atoms with Crippen LogP contribution in [0.3, 0.4) is 0 Å². The Labute approximate surface area is 138 Å². The van der Waals surface area contributed by atoms with E-state index in [4.69, 9.17) is 9.39 Å². The fraction of sp³-hybridized carbons (Fsp3) is 0.400. The first-order valence-electron chi connectivity index (χ1n) is 7.40. The van der Waals surface area contributed by atoms with Crippen LogP contribution in [0.25, 0.3) is 0 Å². The van der Waals surface area contributed by atoms with Gasteiger partial charge in [-0.15, -0.1) is 0 Å². The Bertz CT molecular complexity index is 676. The molecule has 1 amide bonds. The first-order chi connectivity index (χ1) is 11.3. The Hall–Kier alpha value is -2.55. The second-order valence-corrected chi connectivity index (χ2v) is 5.52. The van der Waals surface area contributed by atoms with Crippen LogP contribution in [0.1, 0.15) is 35.7 Å². The molecule has 0 aliphatic carbocycles. The number of ketones is 1. The van der Waals surface area contributed by atoms with E-state index < -0.39 is 19.0 Å². The van der Waals surface area contributed by atoms with E-state index >= 15 is 0 Å². The van der Waals surface area contributed by atoms with Gasteiger partial charge in [0, 0.05) is 12.8 Å². The van der Waals surface area contributed by atoms with Crippen LogP contribution in [0.2, 0.25) is 0 Å². The summed E-state index contributed by atoms with van der Waals surface area (Å²) in [6, 6.07) is 3.12. The molecule has 1 aliphatic heterocycles. The van der Waals surface area contributed by atoms with E-state index in [1.807, 2.05) is 0 Å². The van der Waals surface area contributed by atoms with Crippen LogP contribution >= 0.6 is 0 Å². The number of hydrogen-bond acceptors (Lipinski definition) is 6. The third-order valence-corrected chi connectivity index (χ3v) is 3.71. The van der Waals surface area contributed by atoms with E-state index in [9.17, 15) is 24.5 Å². The Morgan fingerprint density at radius 3 is 2.67 bits per heavy atom. The maximum Gasteiger partial charge on any atom is 0.547 e. The van der Waals surface area contributed by atoms with Gasteiger partial charge in [-0.05, 0) is 25.0 Å². The molecule has 0 radical (unpaired) electrons. The summed E-state index contributed by atoms with van der Waals surface area (Å²) in [6.45, 7) is 1.39. The smallest absolute Gasteiger partial charge is 0.534 e. The van der Waals surface area contributed by atoms with Crippen molar-refractivity contribution in [2.24, 2.45) is 0 Å². The molecule has 0 aromatic heterocycles. The average Bonchev–Trinajstić information content (AvgIpc) is 2.52. The Balaban J connectivity index is 2.19. The van der Waals surface area contributed by atoms with Crippen molar-refractivity contribution in [1.82, 2.24) is 5.32 Å². The number of carboxylic acid groups (broad SMARTS) is 1. The van der Waals surface area contributed by atoms with Gasteiger partial charge < -0.3 is 29.6 Å². The molecule has 0 saturated heterocycles. The number of carbonyl (C=O) groups excluding carboxylic acids is 2. The van der Waals surface area contributed by atoms with Gasteiger partial charge in [-0.1, -0.05) is 6.07 Å². The number of carbonyl (C=O) groups is 3. The number of hydrogen-bond donors (Lipinski definition) is 3. The molecule has 0 saturated carbocycles. The van der Waals surface area contributed by atoms with Crippen molar-refractivity contribution in [3.63, 3.8) is 0 Å². The maximum atomic E-state index is 11.8. The highest BCUT2D eigenvalue weighted by atomic mass is 16.5. The van der Waals surface area contributed by atoms with Crippen molar-refractivity contribution in [3.8, 4) is 11.5 Å². The lowest BCUT2D eigenvalue weighted by Gasteiger charge is -2.29. The summed E-state index contributed by atoms with van der Waals surface area (Å²) in [4.78, 5) is 34.1. The number of methoxy groups -OCH3 is 1. The van der Waals surface area contributed by atoms with Crippen LogP contribution < -0.4 is 14.7 Å². The highest BCUT2D eigenvalue weighted by molar-refractivity contribution is 6.47. The van der Waals surface area contributed by atoms with Gasteiger partial charge in [-0.2, -0.15) is 0 Å². The first-order valence-corrected chi connectivity index (χ1v) is 7.40. The number of benzene rings is 1. The van der Waals surface area contributed by atoms with Gasteiger partial charge in [0.25, 0.3) is 0 Å². The molecular formula is C15H18BNO7. The topological polar surface area (TPSA) is 122 Å². The molecule has 1 aromatic carbocycles. The lowest BCUT2D eigenvalue weighted by Crippen LogP contribution is -2.53. The summed E-state index contributed by atoms with van der Waals surface area (Å²) in [5.74, 6) is -2.30. The standard InChI is InChI=1S/C15H18BNO7/c1-8(18)3-6-12(19)17-11-7-9-4-5-10(23-2)13(15(20)21)14(9)24-16(11)22/h4-5,11,22H,3,6-7H2,1-2H3,(H,17,19)(H,20,21). The van der Waals surface area contributed by atoms with E-state index in [1.54, 1.807) is 6.07 Å². The number of carboxylic acids is 1. The molecule has 0 bridgehead atoms. The molecule has 0 fully saturated rings. The molecule has 1 unspecified atom stereocenters. The lowest BCUT2D eigenvalue weighted by atomic mass is 9.72. The third kappa shape index (κ3) is 3.86. The predicted octanol–water partition coefficient (Wildman–Crippen LogP) is 0.202. The van der Waals surface area contributed by atoms with E-state index in [1.165, 1.54) is 20.1 Å². The zero-order valence-electron chi connectivity index (χ0n) is 13.4. The van der Waals surface area contributed by atoms with E-state index in [2.05, 4.69) is 5.32 Å². The first kappa shape index (κ1) is 17.8. The van der Waals surface area contributed by atoms with Gasteiger partial charge in [-0.25, -0.2) is 4.79 Å². The van der Waals surface area contributed by atoms with Gasteiger partial charge in [0.05, 0.1) is 13.1 Å². The Morgan fingerprint density at radius 1 is 1.38 bits per heavy atom. The highest BCUT2D eigenvalue weighted by Gasteiger charge is 2.38. The molecule has 0 spiro atoms. The molecule has 1 atom stereocenters. The average molecular weight is 335 g/mol. The van der Waals surface area contributed by atoms with Crippen LogP contribution in [-0.2, 0) is 16.0 Å². The molecule has 2 rings (SSSR count). The number of ether oxygens (including phenoxy) is 1. The summed E-state index contributed by atoms with van der Waals surface area (Å²) < 4.78 is 10.3. The Kier molecular flexibility index (Phi) is 5.45. The zero-order chi connectivity index (χ0) is 17.9. The predicted molar refractivity (Wildman–Crippen MR) is 84.1 cm³/mol. The third-order valence-electron chi connectivity index (χ3n) is 3.71. The van der Waals surface area contributed by atoms with Crippen molar-refractivity contribution < 1.29 is 33.9 Å². The number of Topliss-reactive ketones (excluding diaryl/α,β-unsaturated/α-hetero) is 1. The molecule has 9 heteroatoms. The number of rotatable bonds is 6. The molecule has 1 aromatic rings. The fourth-order valence-corrected chi connectivity index (χ4v) is 2.51. The summed E-state index contributed by atoms with van der Waals surface area (Å²) in [5.41, 5.74) is 0.366. The summed E-state index contributed by atoms with van der Waals surface area (Å²) in [5, 5.41) is 22.0. The number of amides is 1. The second-order valence-electron chi connectivity index (χ2n) is 5.52. The van der Waals surface area contributed by atoms with Crippen LogP contribution in [0.4, 0.5) is 0 Å². The molecular weight excluding hydrogens is 317 g/mol. The minimum Gasteiger partial charge on any atom is -0.534 e. The van der Waals surface area contributed by atoms with E-state index in [0.717, 1.165) is 0 Å². The van der Waals surface area contributed by atoms with Crippen molar-refractivity contribution in [2.75, 3.05) is 7.11 Å². The quantitative estimate of drug-likeness (QED) is 0.635. The maximum absolute atomic E-state index is 11.8. The van der Waals surface area contributed by atoms with Gasteiger partial charge in [0.2, 0.25) is 5.91 Å². The summed E-state index contributed by atoms with van der Waals surface area (Å²) in [6.07, 6.45) is 0.341. The Morgan fingerprint density at radius 2 is 2.08 bits per heavy atom. The minimum absolute atomic E-state index is 0.0222. The van der Waals surface area contributed by atoms with Crippen molar-refractivity contribution in [2.45, 2.75) is 32.1 Å². The van der Waals surface area contributed by atoms with Gasteiger partial charge in [0.1, 0.15) is 22.8 Å². The summed E-state index contributed by atoms with van der Waals surface area (Å²) in [7, 11) is -0.0603. The fourth-order valence-electron chi connectivity index (χ4n) is 2.51. The number of aromatic carboxylic acids is 1. The van der Waals surface area contributed by atoms with Crippen molar-refractivity contribution >= 4 is 24.8 Å². The number of fused-ring (bicyclic) bond motifs is 1. The largest absolute Gasteiger partial charge is 0.547 e. The van der Waals surface area contributed by atoms with E-state index in [-0.39, 0.29) is 48.0 Å². The van der Waals surface area contributed by atoms with Gasteiger partial charge in [0.15, 0.2) is 0 Å². The van der Waals surface area contributed by atoms with Crippen molar-refractivity contribution in [3.05, 3.63) is 23.3 Å². The second kappa shape index (κ2) is 7.35.